The van der Waals surface area contributed by atoms with Gasteiger partial charge in [-0.3, -0.25) is 5.32 Å². The largest absolute Gasteiger partial charge is 0.461 e. The van der Waals surface area contributed by atoms with Crippen molar-refractivity contribution in [3.63, 3.8) is 0 Å². The molecule has 1 aliphatic rings. The van der Waals surface area contributed by atoms with E-state index >= 15 is 0 Å². The molecule has 166 valence electrons. The molecule has 8 heteroatoms. The number of aromatic nitrogens is 1. The number of amides is 1. The minimum Gasteiger partial charge on any atom is -0.461 e. The Kier molecular flexibility index (Phi) is 6.81. The Labute approximate surface area is 186 Å². The second-order valence-electron chi connectivity index (χ2n) is 7.27. The van der Waals surface area contributed by atoms with Crippen molar-refractivity contribution in [1.82, 2.24) is 4.98 Å². The number of benzene rings is 2. The van der Waals surface area contributed by atoms with Crippen LogP contribution in [0.3, 0.4) is 0 Å². The zero-order chi connectivity index (χ0) is 22.3. The molecule has 0 unspecified atom stereocenters. The molecule has 0 saturated carbocycles. The second-order valence-corrected chi connectivity index (χ2v) is 7.27. The summed E-state index contributed by atoms with van der Waals surface area (Å²) >= 11 is 0. The Morgan fingerprint density at radius 1 is 1.06 bits per heavy atom. The quantitative estimate of drug-likeness (QED) is 0.586. The van der Waals surface area contributed by atoms with Crippen LogP contribution in [-0.4, -0.2) is 50.0 Å². The van der Waals surface area contributed by atoms with Crippen LogP contribution in [0.2, 0.25) is 0 Å². The van der Waals surface area contributed by atoms with Crippen molar-refractivity contribution in [2.75, 3.05) is 43.1 Å². The van der Waals surface area contributed by atoms with Crippen LogP contribution in [0.5, 0.6) is 0 Å². The van der Waals surface area contributed by atoms with Gasteiger partial charge in [-0.1, -0.05) is 36.4 Å². The molecule has 1 amide bonds. The first-order chi connectivity index (χ1) is 15.6. The Bertz CT molecular complexity index is 1100. The lowest BCUT2D eigenvalue weighted by molar-refractivity contribution is 0.0521. The SMILES string of the molecule is CCOC(=O)c1nc2cc(N3CCOCC3)ccc2cc1NC(=O)OCc1ccccc1. The van der Waals surface area contributed by atoms with Crippen LogP contribution >= 0.6 is 0 Å². The van der Waals surface area contributed by atoms with E-state index in [1.165, 1.54) is 0 Å². The minimum absolute atomic E-state index is 0.0372. The molecular formula is C24H25N3O5. The first kappa shape index (κ1) is 21.6. The van der Waals surface area contributed by atoms with Crippen molar-refractivity contribution >= 4 is 34.3 Å². The van der Waals surface area contributed by atoms with Crippen LogP contribution in [0.15, 0.2) is 54.6 Å². The van der Waals surface area contributed by atoms with Gasteiger partial charge < -0.3 is 19.1 Å². The summed E-state index contributed by atoms with van der Waals surface area (Å²) in [5, 5.41) is 3.42. The summed E-state index contributed by atoms with van der Waals surface area (Å²) in [7, 11) is 0. The first-order valence-corrected chi connectivity index (χ1v) is 10.6. The number of pyridine rings is 1. The average molecular weight is 435 g/mol. The van der Waals surface area contributed by atoms with Gasteiger partial charge in [-0.05, 0) is 30.7 Å². The summed E-state index contributed by atoms with van der Waals surface area (Å²) in [6, 6.07) is 16.9. The number of hydrogen-bond acceptors (Lipinski definition) is 7. The predicted octanol–water partition coefficient (Wildman–Crippen LogP) is 4.00. The Morgan fingerprint density at radius 2 is 1.84 bits per heavy atom. The van der Waals surface area contributed by atoms with Crippen LogP contribution in [0, 0.1) is 0 Å². The van der Waals surface area contributed by atoms with Crippen LogP contribution in [0.1, 0.15) is 23.0 Å². The van der Waals surface area contributed by atoms with E-state index in [1.54, 1.807) is 13.0 Å². The molecule has 0 atom stereocenters. The monoisotopic (exact) mass is 435 g/mol. The topological polar surface area (TPSA) is 90.0 Å². The van der Waals surface area contributed by atoms with Gasteiger partial charge in [0.1, 0.15) is 6.61 Å². The lowest BCUT2D eigenvalue weighted by atomic mass is 10.1. The number of fused-ring (bicyclic) bond motifs is 1. The third-order valence-corrected chi connectivity index (χ3v) is 5.10. The molecule has 1 aromatic heterocycles. The number of nitrogens with one attached hydrogen (secondary N) is 1. The number of carbonyl (C=O) groups excluding carboxylic acids is 2. The van der Waals surface area contributed by atoms with Crippen molar-refractivity contribution in [2.45, 2.75) is 13.5 Å². The van der Waals surface area contributed by atoms with Crippen molar-refractivity contribution in [1.29, 1.82) is 0 Å². The smallest absolute Gasteiger partial charge is 0.412 e. The van der Waals surface area contributed by atoms with Gasteiger partial charge in [-0.2, -0.15) is 0 Å². The first-order valence-electron chi connectivity index (χ1n) is 10.6. The molecule has 8 nitrogen and oxygen atoms in total. The van der Waals surface area contributed by atoms with Crippen LogP contribution in [-0.2, 0) is 20.8 Å². The zero-order valence-corrected chi connectivity index (χ0v) is 17.9. The van der Waals surface area contributed by atoms with E-state index in [0.717, 1.165) is 29.7 Å². The fourth-order valence-corrected chi connectivity index (χ4v) is 3.49. The van der Waals surface area contributed by atoms with Gasteiger partial charge in [0, 0.05) is 24.2 Å². The van der Waals surface area contributed by atoms with E-state index < -0.39 is 12.1 Å². The van der Waals surface area contributed by atoms with Gasteiger partial charge in [0.05, 0.1) is 31.0 Å². The Morgan fingerprint density at radius 3 is 2.59 bits per heavy atom. The molecular weight excluding hydrogens is 410 g/mol. The van der Waals surface area contributed by atoms with Gasteiger partial charge in [-0.25, -0.2) is 14.6 Å². The molecule has 1 aliphatic heterocycles. The van der Waals surface area contributed by atoms with Crippen LogP contribution < -0.4 is 10.2 Å². The lowest BCUT2D eigenvalue weighted by Gasteiger charge is -2.29. The molecule has 2 aromatic carbocycles. The van der Waals surface area contributed by atoms with E-state index in [2.05, 4.69) is 15.2 Å². The van der Waals surface area contributed by atoms with E-state index in [4.69, 9.17) is 14.2 Å². The highest BCUT2D eigenvalue weighted by molar-refractivity contribution is 6.02. The third kappa shape index (κ3) is 5.15. The average Bonchev–Trinajstić information content (AvgIpc) is 2.83. The van der Waals surface area contributed by atoms with Crippen molar-refractivity contribution in [2.24, 2.45) is 0 Å². The van der Waals surface area contributed by atoms with Crippen molar-refractivity contribution in [3.8, 4) is 0 Å². The maximum Gasteiger partial charge on any atom is 0.412 e. The molecule has 1 fully saturated rings. The Balaban J connectivity index is 1.58. The summed E-state index contributed by atoms with van der Waals surface area (Å²) < 4.78 is 15.9. The van der Waals surface area contributed by atoms with Gasteiger partial charge in [0.25, 0.3) is 0 Å². The highest BCUT2D eigenvalue weighted by atomic mass is 16.5. The number of carbonyl (C=O) groups is 2. The highest BCUT2D eigenvalue weighted by Gasteiger charge is 2.20. The van der Waals surface area contributed by atoms with E-state index in [9.17, 15) is 9.59 Å². The molecule has 0 bridgehead atoms. The fourth-order valence-electron chi connectivity index (χ4n) is 3.49. The van der Waals surface area contributed by atoms with Crippen LogP contribution in [0.25, 0.3) is 10.9 Å². The molecule has 1 N–H and O–H groups in total. The molecule has 32 heavy (non-hydrogen) atoms. The van der Waals surface area contributed by atoms with Gasteiger partial charge in [-0.15, -0.1) is 0 Å². The van der Waals surface area contributed by atoms with Crippen molar-refractivity contribution in [3.05, 3.63) is 65.9 Å². The summed E-state index contributed by atoms with van der Waals surface area (Å²) in [6.07, 6.45) is -0.675. The molecule has 3 aromatic rings. The number of rotatable bonds is 6. The zero-order valence-electron chi connectivity index (χ0n) is 17.9. The standard InChI is InChI=1S/C24H25N3O5/c1-2-31-23(28)22-21(26-24(29)32-16-17-6-4-3-5-7-17)14-18-8-9-19(15-20(18)25-22)27-10-12-30-13-11-27/h3-9,14-15H,2,10-13,16H2,1H3,(H,26,29). The third-order valence-electron chi connectivity index (χ3n) is 5.10. The summed E-state index contributed by atoms with van der Waals surface area (Å²) in [6.45, 7) is 4.97. The number of hydrogen-bond donors (Lipinski definition) is 1. The number of morpholine rings is 1. The number of ether oxygens (including phenoxy) is 3. The Hall–Kier alpha value is -3.65. The second kappa shape index (κ2) is 10.1. The number of nitrogens with zero attached hydrogens (tertiary/aromatic N) is 2. The fraction of sp³-hybridized carbons (Fsp3) is 0.292. The predicted molar refractivity (Wildman–Crippen MR) is 121 cm³/mol. The molecule has 0 spiro atoms. The lowest BCUT2D eigenvalue weighted by Crippen LogP contribution is -2.36. The van der Waals surface area contributed by atoms with Crippen molar-refractivity contribution < 1.29 is 23.8 Å². The molecule has 4 rings (SSSR count). The van der Waals surface area contributed by atoms with Gasteiger partial charge >= 0.3 is 12.1 Å². The van der Waals surface area contributed by atoms with E-state index in [0.29, 0.717) is 18.7 Å². The number of esters is 1. The maximum atomic E-state index is 12.6. The summed E-state index contributed by atoms with van der Waals surface area (Å²) in [4.78, 5) is 31.7. The highest BCUT2D eigenvalue weighted by Crippen LogP contribution is 2.27. The molecule has 2 heterocycles. The maximum absolute atomic E-state index is 12.6. The van der Waals surface area contributed by atoms with Crippen LogP contribution in [0.4, 0.5) is 16.2 Å². The minimum atomic E-state index is -0.675. The summed E-state index contributed by atoms with van der Waals surface area (Å²) in [5.74, 6) is -0.607. The summed E-state index contributed by atoms with van der Waals surface area (Å²) in [5.41, 5.74) is 2.79. The number of anilines is 2. The van der Waals surface area contributed by atoms with Gasteiger partial charge in [0.15, 0.2) is 5.69 Å². The normalized spacial score (nSPS) is 13.6. The molecule has 1 saturated heterocycles. The van der Waals surface area contributed by atoms with Gasteiger partial charge in [0.2, 0.25) is 0 Å². The van der Waals surface area contributed by atoms with E-state index in [1.807, 2.05) is 48.5 Å². The molecule has 0 radical (unpaired) electrons. The van der Waals surface area contributed by atoms with E-state index in [-0.39, 0.29) is 24.6 Å². The molecule has 0 aliphatic carbocycles.